The summed E-state index contributed by atoms with van der Waals surface area (Å²) < 4.78 is 97.2. The molecular weight excluding hydrogens is 1560 g/mol. The second-order valence-corrected chi connectivity index (χ2v) is 28.3. The second kappa shape index (κ2) is 61.0. The highest BCUT2D eigenvalue weighted by atomic mass is 35.5. The average Bonchev–Trinajstić information content (AvgIpc) is 1.60. The molecule has 112 heavy (non-hydrogen) atoms. The molecule has 9 aliphatic heterocycles. The van der Waals surface area contributed by atoms with Crippen LogP contribution in [0.1, 0.15) is 94.9 Å². The zero-order valence-electron chi connectivity index (χ0n) is 66.2. The van der Waals surface area contributed by atoms with E-state index in [1.807, 2.05) is 21.0 Å². The van der Waals surface area contributed by atoms with Crippen LogP contribution in [0.5, 0.6) is 0 Å². The van der Waals surface area contributed by atoms with Crippen LogP contribution >= 0.6 is 34.8 Å². The minimum Gasteiger partial charge on any atom is -0.445 e. The number of fused-ring (bicyclic) bond motifs is 1. The molecule has 9 heterocycles. The molecule has 668 valence electrons. The van der Waals surface area contributed by atoms with Crippen LogP contribution in [0, 0.1) is 23.7 Å². The molecule has 17 N–H and O–H groups in total. The first kappa shape index (κ1) is 112. The number of amides is 2. The Morgan fingerprint density at radius 1 is 0.438 bits per heavy atom. The maximum atomic E-state index is 11.2. The van der Waals surface area contributed by atoms with Crippen molar-refractivity contribution in [2.24, 2.45) is 29.4 Å². The first-order chi connectivity index (χ1) is 52.1. The van der Waals surface area contributed by atoms with Gasteiger partial charge in [0, 0.05) is 120 Å². The number of rotatable bonds is 20. The fourth-order valence-electron chi connectivity index (χ4n) is 11.8. The summed E-state index contributed by atoms with van der Waals surface area (Å²) in [5.74, 6) is 2.79. The van der Waals surface area contributed by atoms with Crippen molar-refractivity contribution in [1.29, 1.82) is 0 Å². The van der Waals surface area contributed by atoms with Crippen LogP contribution in [0.25, 0.3) is 0 Å². The standard InChI is InChI=1S/C11H19NO6.C11H17NO5.C9H19NO2.C9H18O2.C7H12Cl2O4.C7H13ClO4.C7H14O6.C7H14O4.C2H7N.2CH4/c1-3-4-17-11(15)12-6-7-5-8(13)9(14)10(16-2)18-7;1-3-4-15-11(13)12-6-7-5-8-9(17-8)10(14-2)16-7;1-6-4-8(5-10)12-9(11-3)7(6)2;1-6-5-7(2)11-9(10-4)8(6)3;1-12-7-6(11)5(10)4(9)3(2-8)13-7;1-11-7-6(10)5(9)2-4(3-8)12-7;1-12-7-6(11)5(10)4(9)3(2-8)13-7;1-4-3-5(8)6(9)7(10-2)11-4;1-3-2;;/h3,7-10,13-14H,1,4-6H2,2H3,(H,12,15);3,7-10H,1,4-6H2,2H3,(H,12,13);6-9H,4-5,10H2,1-3H3;6-9H,5H2,1-4H3;3-7,10-11H,2H2,1H3;4-7,9-10H,2-3H2,1H3;3-11H,2H2,1H3;4-9H,3H2,1-2H3;3H,1-2H3;2*1H4/t7?,8-,9?,10-;7?,8-,9?,10+;2*6-,7?,8?,9-;3?,4-,5-,6?,7-;4?,5-,6?,7-;3?,4-,5+,6?,7+;4?,5-,6?,7-;;;/m01000010.../s1. The molecule has 0 aliphatic carbocycles. The van der Waals surface area contributed by atoms with E-state index in [1.54, 1.807) is 21.3 Å². The van der Waals surface area contributed by atoms with E-state index >= 15 is 0 Å². The number of carbonyl (C=O) groups excluding carboxylic acids is 2. The normalized spacial score (nSPS) is 39.5. The third-order valence-electron chi connectivity index (χ3n) is 18.5. The maximum Gasteiger partial charge on any atom is 0.407 e. The topological polar surface area (TPSA) is 518 Å². The Morgan fingerprint density at radius 3 is 1.22 bits per heavy atom. The number of epoxide rings is 1. The predicted molar refractivity (Wildman–Crippen MR) is 411 cm³/mol. The maximum absolute atomic E-state index is 11.2. The van der Waals surface area contributed by atoms with Gasteiger partial charge in [0.2, 0.25) is 0 Å². The number of hydrogen-bond donors (Lipinski definition) is 16. The molecule has 0 aromatic carbocycles. The van der Waals surface area contributed by atoms with Gasteiger partial charge >= 0.3 is 12.2 Å². The Labute approximate surface area is 676 Å². The van der Waals surface area contributed by atoms with Crippen LogP contribution < -0.4 is 21.7 Å². The van der Waals surface area contributed by atoms with Crippen molar-refractivity contribution in [3.05, 3.63) is 25.3 Å². The van der Waals surface area contributed by atoms with Gasteiger partial charge in [-0.2, -0.15) is 0 Å². The molecule has 0 saturated carbocycles. The van der Waals surface area contributed by atoms with E-state index in [4.69, 9.17) is 136 Å². The van der Waals surface area contributed by atoms with E-state index < -0.39 is 141 Å². The summed E-state index contributed by atoms with van der Waals surface area (Å²) in [6.45, 7) is 20.7. The number of aliphatic hydroxyl groups is 12. The van der Waals surface area contributed by atoms with Crippen LogP contribution in [0.3, 0.4) is 0 Å². The van der Waals surface area contributed by atoms with Crippen molar-refractivity contribution >= 4 is 47.0 Å². The van der Waals surface area contributed by atoms with Crippen LogP contribution in [0.4, 0.5) is 9.59 Å². The van der Waals surface area contributed by atoms with Gasteiger partial charge in [-0.1, -0.05) is 67.9 Å². The smallest absolute Gasteiger partial charge is 0.407 e. The molecular formula is C72H141Cl3N4O33. The summed E-state index contributed by atoms with van der Waals surface area (Å²) in [6, 6.07) is 0. The molecule has 9 rings (SSSR count). The monoisotopic (exact) mass is 1690 g/mol. The predicted octanol–water partition coefficient (Wildman–Crippen LogP) is 0.492. The van der Waals surface area contributed by atoms with Crippen LogP contribution in [-0.4, -0.2) is 380 Å². The third-order valence-corrected chi connectivity index (χ3v) is 19.7. The molecule has 9 saturated heterocycles. The molecule has 37 nitrogen and oxygen atoms in total. The van der Waals surface area contributed by atoms with E-state index in [-0.39, 0.29) is 102 Å². The van der Waals surface area contributed by atoms with Gasteiger partial charge in [-0.25, -0.2) is 9.59 Å². The van der Waals surface area contributed by atoms with Crippen molar-refractivity contribution in [1.82, 2.24) is 16.0 Å². The summed E-state index contributed by atoms with van der Waals surface area (Å²) in [5.41, 5.74) is 5.55. The minimum atomic E-state index is -1.36. The third kappa shape index (κ3) is 38.8. The molecule has 0 aromatic heterocycles. The summed E-state index contributed by atoms with van der Waals surface area (Å²) in [7, 11) is 15.6. The van der Waals surface area contributed by atoms with E-state index in [1.165, 1.54) is 47.7 Å². The first-order valence-corrected chi connectivity index (χ1v) is 37.9. The summed E-state index contributed by atoms with van der Waals surface area (Å²) in [6.07, 6.45) is -11.8. The van der Waals surface area contributed by atoms with Crippen LogP contribution in [-0.2, 0) is 90.0 Å². The quantitative estimate of drug-likeness (QED) is 0.0448. The molecule has 0 aromatic rings. The zero-order valence-corrected chi connectivity index (χ0v) is 68.5. The van der Waals surface area contributed by atoms with E-state index in [0.29, 0.717) is 61.6 Å². The summed E-state index contributed by atoms with van der Waals surface area (Å²) in [5, 5.41) is 119. The van der Waals surface area contributed by atoms with Gasteiger partial charge in [0.05, 0.1) is 85.0 Å². The van der Waals surface area contributed by atoms with Gasteiger partial charge in [-0.3, -0.25) is 0 Å². The average molecular weight is 1700 g/mol. The Bertz CT molecular complexity index is 2260. The number of halogens is 3. The number of hydrogen-bond acceptors (Lipinski definition) is 35. The molecule has 40 heteroatoms. The van der Waals surface area contributed by atoms with Gasteiger partial charge in [-0.15, -0.1) is 34.8 Å². The lowest BCUT2D eigenvalue weighted by atomic mass is 9.87. The highest BCUT2D eigenvalue weighted by Gasteiger charge is 2.52. The number of carbonyl (C=O) groups is 2. The SMILES string of the molecule is C.C.C=CCOC(=O)NCC1C[C@H](O)C(O)[C@@H](OC)O1.C=CCOC(=O)NCC1C[C@H]2OC2[C@@H](OC)O1.CNC.CO[C@H]1OC(C)C[C@H](C)C1C.CO[C@H]1OC(C)C[C@H](O)C1O.CO[C@H]1OC(CCl)C[C@H](O)C1O.CO[C@H]1OC(CCl)[C@H](Cl)[C@H](O)C1O.CO[C@H]1OC(CN)C[C@H](C)C1C.CO[C@H]1OC(CO)[C@@H](O)[C@H](O)C1O. The number of methoxy groups -OCH3 is 8. The van der Waals surface area contributed by atoms with Crippen LogP contribution in [0.2, 0.25) is 0 Å². The fourth-order valence-corrected chi connectivity index (χ4v) is 12.6. The van der Waals surface area contributed by atoms with E-state index in [2.05, 4.69) is 63.7 Å². The van der Waals surface area contributed by atoms with E-state index in [9.17, 15) is 65.8 Å². The largest absolute Gasteiger partial charge is 0.445 e. The number of alkyl carbamates (subject to hydrolysis) is 2. The van der Waals surface area contributed by atoms with Gasteiger partial charge in [0.15, 0.2) is 50.3 Å². The zero-order chi connectivity index (χ0) is 83.7. The Balaban J connectivity index is 0. The van der Waals surface area contributed by atoms with E-state index in [0.717, 1.165) is 19.3 Å². The number of nitrogens with one attached hydrogen (secondary N) is 3. The number of alkyl halides is 3. The molecule has 34 atom stereocenters. The lowest BCUT2D eigenvalue weighted by Crippen LogP contribution is -2.58. The van der Waals surface area contributed by atoms with Crippen molar-refractivity contribution in [3.63, 3.8) is 0 Å². The number of ether oxygens (including phenoxy) is 19. The van der Waals surface area contributed by atoms with Gasteiger partial charge in [-0.05, 0) is 52.6 Å². The Kier molecular flexibility index (Phi) is 60.9. The molecule has 0 bridgehead atoms. The van der Waals surface area contributed by atoms with Crippen molar-refractivity contribution in [2.75, 3.05) is 122 Å². The van der Waals surface area contributed by atoms with Gasteiger partial charge in [0.25, 0.3) is 0 Å². The molecule has 0 radical (unpaired) electrons. The fraction of sp³-hybridized carbons (Fsp3) is 0.917. The summed E-state index contributed by atoms with van der Waals surface area (Å²) in [4.78, 5) is 22.4. The highest BCUT2D eigenvalue weighted by molar-refractivity contribution is 6.23. The second-order valence-electron chi connectivity index (χ2n) is 27.2. The minimum absolute atomic E-state index is 0. The molecule has 16 unspecified atom stereocenters. The van der Waals surface area contributed by atoms with Gasteiger partial charge < -0.3 is 173 Å². The molecule has 2 amide bonds. The number of nitrogens with two attached hydrogens (primary N) is 1. The highest BCUT2D eigenvalue weighted by Crippen LogP contribution is 2.38. The van der Waals surface area contributed by atoms with Crippen molar-refractivity contribution < 1.29 is 161 Å². The summed E-state index contributed by atoms with van der Waals surface area (Å²) >= 11 is 16.9. The first-order valence-electron chi connectivity index (χ1n) is 36.4. The number of aliphatic hydroxyl groups excluding tert-OH is 12. The van der Waals surface area contributed by atoms with Crippen molar-refractivity contribution in [3.8, 4) is 0 Å². The Hall–Kier alpha value is -2.35. The van der Waals surface area contributed by atoms with Gasteiger partial charge in [0.1, 0.15) is 74.3 Å². The van der Waals surface area contributed by atoms with Crippen LogP contribution in [0.15, 0.2) is 25.3 Å². The lowest BCUT2D eigenvalue weighted by Gasteiger charge is -2.38. The Morgan fingerprint density at radius 2 is 0.795 bits per heavy atom. The molecule has 9 fully saturated rings. The lowest BCUT2D eigenvalue weighted by molar-refractivity contribution is -0.294. The van der Waals surface area contributed by atoms with Crippen molar-refractivity contribution in [2.45, 2.75) is 279 Å². The molecule has 9 aliphatic rings. The molecule has 0 spiro atoms.